The predicted octanol–water partition coefficient (Wildman–Crippen LogP) is 8.41. The van der Waals surface area contributed by atoms with Gasteiger partial charge in [0.1, 0.15) is 11.5 Å². The zero-order chi connectivity index (χ0) is 31.6. The SMILES string of the molecule is O=C(O)CCCCCCCCCCOc1ccc2c(c1)C(=O)c1ccc(OCCCCCCCCCCC(=O)O)cc1C2=O. The number of benzene rings is 2. The molecule has 0 unspecified atom stereocenters. The molecule has 0 spiro atoms. The van der Waals surface area contributed by atoms with Gasteiger partial charge in [-0.2, -0.15) is 0 Å². The first-order valence-electron chi connectivity index (χ1n) is 16.4. The van der Waals surface area contributed by atoms with Crippen LogP contribution in [0.15, 0.2) is 36.4 Å². The Morgan fingerprint density at radius 1 is 0.455 bits per heavy atom. The van der Waals surface area contributed by atoms with Gasteiger partial charge in [0, 0.05) is 35.1 Å². The third-order valence-corrected chi connectivity index (χ3v) is 8.07. The van der Waals surface area contributed by atoms with Gasteiger partial charge in [-0.3, -0.25) is 19.2 Å². The molecule has 0 radical (unpaired) electrons. The molecule has 0 amide bonds. The molecule has 0 aliphatic heterocycles. The van der Waals surface area contributed by atoms with Crippen molar-refractivity contribution in [1.82, 2.24) is 0 Å². The van der Waals surface area contributed by atoms with Gasteiger partial charge in [-0.15, -0.1) is 0 Å². The van der Waals surface area contributed by atoms with E-state index in [1.165, 1.54) is 0 Å². The average Bonchev–Trinajstić information content (AvgIpc) is 3.01. The largest absolute Gasteiger partial charge is 0.494 e. The van der Waals surface area contributed by atoms with E-state index in [-0.39, 0.29) is 24.4 Å². The molecular formula is C36H48O8. The van der Waals surface area contributed by atoms with Gasteiger partial charge in [0.15, 0.2) is 11.6 Å². The smallest absolute Gasteiger partial charge is 0.303 e. The second kappa shape index (κ2) is 19.6. The highest BCUT2D eigenvalue weighted by molar-refractivity contribution is 6.28. The van der Waals surface area contributed by atoms with Gasteiger partial charge in [0.2, 0.25) is 0 Å². The Morgan fingerprint density at radius 3 is 1.11 bits per heavy atom. The van der Waals surface area contributed by atoms with Crippen LogP contribution in [0.3, 0.4) is 0 Å². The molecule has 2 aromatic carbocycles. The van der Waals surface area contributed by atoms with Crippen LogP contribution in [0, 0.1) is 0 Å². The Bertz CT molecular complexity index is 1140. The zero-order valence-electron chi connectivity index (χ0n) is 26.0. The van der Waals surface area contributed by atoms with Crippen molar-refractivity contribution in [3.8, 4) is 11.5 Å². The first kappa shape index (κ1) is 34.8. The summed E-state index contributed by atoms with van der Waals surface area (Å²) < 4.78 is 11.8. The van der Waals surface area contributed by atoms with Gasteiger partial charge in [-0.1, -0.05) is 77.0 Å². The molecule has 8 nitrogen and oxygen atoms in total. The summed E-state index contributed by atoms with van der Waals surface area (Å²) in [6.07, 6.45) is 16.8. The Kier molecular flexibility index (Phi) is 15.5. The molecule has 0 bridgehead atoms. The maximum atomic E-state index is 13.3. The third-order valence-electron chi connectivity index (χ3n) is 8.07. The van der Waals surface area contributed by atoms with Gasteiger partial charge in [-0.25, -0.2) is 0 Å². The fraction of sp³-hybridized carbons (Fsp3) is 0.556. The van der Waals surface area contributed by atoms with Crippen molar-refractivity contribution in [1.29, 1.82) is 0 Å². The van der Waals surface area contributed by atoms with Gasteiger partial charge in [0.05, 0.1) is 13.2 Å². The number of carbonyl (C=O) groups excluding carboxylic acids is 2. The first-order chi connectivity index (χ1) is 21.4. The molecule has 0 fully saturated rings. The number of aliphatic carboxylic acids is 2. The van der Waals surface area contributed by atoms with E-state index >= 15 is 0 Å². The van der Waals surface area contributed by atoms with Crippen molar-refractivity contribution in [2.24, 2.45) is 0 Å². The predicted molar refractivity (Wildman–Crippen MR) is 169 cm³/mol. The van der Waals surface area contributed by atoms with Gasteiger partial charge >= 0.3 is 11.9 Å². The van der Waals surface area contributed by atoms with E-state index in [0.29, 0.717) is 47.0 Å². The quantitative estimate of drug-likeness (QED) is 0.0970. The number of carbonyl (C=O) groups is 4. The summed E-state index contributed by atoms with van der Waals surface area (Å²) in [7, 11) is 0. The van der Waals surface area contributed by atoms with Crippen molar-refractivity contribution < 1.29 is 38.9 Å². The van der Waals surface area contributed by atoms with Crippen LogP contribution in [-0.2, 0) is 9.59 Å². The molecule has 1 aliphatic rings. The Hall–Kier alpha value is -3.68. The number of hydrogen-bond acceptors (Lipinski definition) is 6. The molecular weight excluding hydrogens is 560 g/mol. The van der Waals surface area contributed by atoms with Gasteiger partial charge < -0.3 is 19.7 Å². The van der Waals surface area contributed by atoms with E-state index in [1.54, 1.807) is 36.4 Å². The van der Waals surface area contributed by atoms with Crippen molar-refractivity contribution in [3.63, 3.8) is 0 Å². The Labute approximate surface area is 261 Å². The number of ether oxygens (including phenoxy) is 2. The second-order valence-electron chi connectivity index (χ2n) is 11.7. The summed E-state index contributed by atoms with van der Waals surface area (Å²) in [5.74, 6) is -0.635. The van der Waals surface area contributed by atoms with E-state index in [9.17, 15) is 19.2 Å². The lowest BCUT2D eigenvalue weighted by molar-refractivity contribution is -0.138. The number of carboxylic acids is 2. The van der Waals surface area contributed by atoms with Crippen LogP contribution >= 0.6 is 0 Å². The number of hydrogen-bond donors (Lipinski definition) is 2. The van der Waals surface area contributed by atoms with Crippen LogP contribution in [0.1, 0.15) is 147 Å². The van der Waals surface area contributed by atoms with Gasteiger partial charge in [-0.05, 0) is 62.1 Å². The molecule has 0 aromatic heterocycles. The standard InChI is InChI=1S/C36H48O8/c37-33(38)17-13-9-5-1-3-7-11-15-23-43-27-19-21-29-31(25-27)35(41)30-22-20-28(26-32(30)36(29)42)44-24-16-12-8-4-2-6-10-14-18-34(39)40/h19-22,25-26H,1-18,23-24H2,(H,37,38)(H,39,40). The number of unbranched alkanes of at least 4 members (excludes halogenated alkanes) is 14. The van der Waals surface area contributed by atoms with E-state index in [4.69, 9.17) is 19.7 Å². The molecule has 2 N–H and O–H groups in total. The first-order valence-corrected chi connectivity index (χ1v) is 16.4. The summed E-state index contributed by atoms with van der Waals surface area (Å²) in [5, 5.41) is 17.3. The summed E-state index contributed by atoms with van der Waals surface area (Å²) in [6, 6.07) is 10.2. The highest BCUT2D eigenvalue weighted by atomic mass is 16.5. The maximum absolute atomic E-state index is 13.3. The molecule has 8 heteroatoms. The average molecular weight is 609 g/mol. The zero-order valence-corrected chi connectivity index (χ0v) is 26.0. The monoisotopic (exact) mass is 608 g/mol. The lowest BCUT2D eigenvalue weighted by atomic mass is 9.84. The molecule has 0 saturated heterocycles. The summed E-state index contributed by atoms with van der Waals surface area (Å²) in [6.45, 7) is 1.09. The van der Waals surface area contributed by atoms with Crippen molar-refractivity contribution >= 4 is 23.5 Å². The normalized spacial score (nSPS) is 12.1. The molecule has 0 heterocycles. The van der Waals surface area contributed by atoms with E-state index in [2.05, 4.69) is 0 Å². The number of ketones is 2. The molecule has 240 valence electrons. The minimum Gasteiger partial charge on any atom is -0.494 e. The van der Waals surface area contributed by atoms with Crippen LogP contribution in [0.2, 0.25) is 0 Å². The Morgan fingerprint density at radius 2 is 0.773 bits per heavy atom. The molecule has 2 aromatic rings. The highest BCUT2D eigenvalue weighted by Gasteiger charge is 2.30. The summed E-state index contributed by atoms with van der Waals surface area (Å²) in [4.78, 5) is 47.6. The number of carboxylic acid groups (broad SMARTS) is 2. The fourth-order valence-electron chi connectivity index (χ4n) is 5.55. The lowest BCUT2D eigenvalue weighted by Crippen LogP contribution is -2.21. The number of rotatable bonds is 24. The van der Waals surface area contributed by atoms with Crippen LogP contribution < -0.4 is 9.47 Å². The van der Waals surface area contributed by atoms with Crippen LogP contribution in [0.4, 0.5) is 0 Å². The van der Waals surface area contributed by atoms with E-state index < -0.39 is 11.9 Å². The highest BCUT2D eigenvalue weighted by Crippen LogP contribution is 2.32. The second-order valence-corrected chi connectivity index (χ2v) is 11.7. The van der Waals surface area contributed by atoms with Crippen LogP contribution in [-0.4, -0.2) is 46.9 Å². The minimum atomic E-state index is -0.723. The summed E-state index contributed by atoms with van der Waals surface area (Å²) in [5.41, 5.74) is 1.52. The van der Waals surface area contributed by atoms with Crippen molar-refractivity contribution in [2.75, 3.05) is 13.2 Å². The fourth-order valence-corrected chi connectivity index (χ4v) is 5.55. The Balaban J connectivity index is 1.34. The topological polar surface area (TPSA) is 127 Å². The van der Waals surface area contributed by atoms with E-state index in [0.717, 1.165) is 103 Å². The molecule has 44 heavy (non-hydrogen) atoms. The number of fused-ring (bicyclic) bond motifs is 2. The maximum Gasteiger partial charge on any atom is 0.303 e. The molecule has 0 atom stereocenters. The minimum absolute atomic E-state index is 0.182. The summed E-state index contributed by atoms with van der Waals surface area (Å²) >= 11 is 0. The molecule has 1 aliphatic carbocycles. The molecule has 3 rings (SSSR count). The van der Waals surface area contributed by atoms with Gasteiger partial charge in [0.25, 0.3) is 0 Å². The van der Waals surface area contributed by atoms with Crippen molar-refractivity contribution in [3.05, 3.63) is 58.7 Å². The van der Waals surface area contributed by atoms with Crippen LogP contribution in [0.5, 0.6) is 11.5 Å². The van der Waals surface area contributed by atoms with Crippen molar-refractivity contribution in [2.45, 2.75) is 116 Å². The third kappa shape index (κ3) is 12.1. The molecule has 0 saturated carbocycles. The van der Waals surface area contributed by atoms with E-state index in [1.807, 2.05) is 0 Å². The van der Waals surface area contributed by atoms with Crippen LogP contribution in [0.25, 0.3) is 0 Å². The lowest BCUT2D eigenvalue weighted by Gasteiger charge is -2.19.